The van der Waals surface area contributed by atoms with Crippen LogP contribution in [0.4, 0.5) is 0 Å². The Morgan fingerprint density at radius 1 is 1.57 bits per heavy atom. The van der Waals surface area contributed by atoms with Gasteiger partial charge in [-0.25, -0.2) is 4.98 Å². The smallest absolute Gasteiger partial charge is 0.230 e. The first-order valence-corrected chi connectivity index (χ1v) is 7.69. The third kappa shape index (κ3) is 3.46. The zero-order chi connectivity index (χ0) is 16.2. The minimum atomic E-state index is -0.227. The van der Waals surface area contributed by atoms with Gasteiger partial charge in [0, 0.05) is 45.9 Å². The average molecular weight is 318 g/mol. The van der Waals surface area contributed by atoms with E-state index in [9.17, 15) is 4.79 Å². The summed E-state index contributed by atoms with van der Waals surface area (Å²) < 4.78 is 12.1. The molecule has 0 aromatic carbocycles. The van der Waals surface area contributed by atoms with E-state index in [4.69, 9.17) is 9.15 Å². The van der Waals surface area contributed by atoms with Gasteiger partial charge in [0.25, 0.3) is 0 Å². The molecule has 0 bridgehead atoms. The van der Waals surface area contributed by atoms with Crippen molar-refractivity contribution >= 4 is 5.91 Å². The Kier molecular flexibility index (Phi) is 4.78. The average Bonchev–Trinajstić information content (AvgIpc) is 3.17. The molecule has 1 atom stereocenters. The molecule has 23 heavy (non-hydrogen) atoms. The lowest BCUT2D eigenvalue weighted by atomic mass is 9.96. The molecule has 0 saturated heterocycles. The number of aromatic nitrogens is 2. The highest BCUT2D eigenvalue weighted by Gasteiger charge is 2.33. The van der Waals surface area contributed by atoms with E-state index < -0.39 is 0 Å². The van der Waals surface area contributed by atoms with Crippen molar-refractivity contribution < 1.29 is 13.9 Å². The number of rotatable bonds is 6. The maximum absolute atomic E-state index is 12.6. The summed E-state index contributed by atoms with van der Waals surface area (Å²) >= 11 is 0. The van der Waals surface area contributed by atoms with Crippen molar-refractivity contribution in [1.29, 1.82) is 0 Å². The number of nitrogens with zero attached hydrogens (tertiary/aromatic N) is 3. The molecule has 0 fully saturated rings. The summed E-state index contributed by atoms with van der Waals surface area (Å²) in [5, 5.41) is 2.94. The number of aryl methyl sites for hydroxylation is 1. The minimum absolute atomic E-state index is 0.0174. The van der Waals surface area contributed by atoms with Crippen molar-refractivity contribution in [3.63, 3.8) is 0 Å². The Hall–Kier alpha value is -2.12. The Morgan fingerprint density at radius 2 is 2.43 bits per heavy atom. The van der Waals surface area contributed by atoms with Gasteiger partial charge in [0.15, 0.2) is 0 Å². The van der Waals surface area contributed by atoms with Crippen LogP contribution in [0.5, 0.6) is 0 Å². The first-order chi connectivity index (χ1) is 11.2. The second-order valence-electron chi connectivity index (χ2n) is 5.83. The van der Waals surface area contributed by atoms with E-state index in [-0.39, 0.29) is 11.8 Å². The second kappa shape index (κ2) is 6.97. The maximum atomic E-state index is 12.6. The lowest BCUT2D eigenvalue weighted by molar-refractivity contribution is -0.123. The number of nitrogens with one attached hydrogen (secondary N) is 1. The molecule has 3 heterocycles. The molecule has 0 spiro atoms. The fraction of sp³-hybridized carbons (Fsp3) is 0.500. The highest BCUT2D eigenvalue weighted by atomic mass is 16.5. The van der Waals surface area contributed by atoms with Gasteiger partial charge in [0.05, 0.1) is 42.8 Å². The summed E-state index contributed by atoms with van der Waals surface area (Å²) in [6.45, 7) is 3.17. The van der Waals surface area contributed by atoms with Crippen molar-refractivity contribution in [2.45, 2.75) is 19.0 Å². The van der Waals surface area contributed by atoms with Crippen LogP contribution in [0.25, 0.3) is 0 Å². The molecule has 1 amide bonds. The fourth-order valence-corrected chi connectivity index (χ4v) is 3.05. The summed E-state index contributed by atoms with van der Waals surface area (Å²) in [7, 11) is 3.56. The van der Waals surface area contributed by atoms with Crippen LogP contribution < -0.4 is 5.32 Å². The highest BCUT2D eigenvalue weighted by molar-refractivity contribution is 5.84. The Labute approximate surface area is 135 Å². The largest absolute Gasteiger partial charge is 0.472 e. The normalized spacial score (nSPS) is 17.9. The molecule has 2 aromatic heterocycles. The van der Waals surface area contributed by atoms with Gasteiger partial charge in [-0.3, -0.25) is 9.69 Å². The Balaban J connectivity index is 1.76. The van der Waals surface area contributed by atoms with Crippen LogP contribution in [0.3, 0.4) is 0 Å². The van der Waals surface area contributed by atoms with Crippen molar-refractivity contribution in [3.05, 3.63) is 41.9 Å². The maximum Gasteiger partial charge on any atom is 0.230 e. The van der Waals surface area contributed by atoms with Crippen LogP contribution in [0.2, 0.25) is 0 Å². The van der Waals surface area contributed by atoms with Gasteiger partial charge in [0.2, 0.25) is 5.91 Å². The third-order valence-corrected chi connectivity index (χ3v) is 4.11. The van der Waals surface area contributed by atoms with Crippen LogP contribution in [0.15, 0.2) is 29.3 Å². The summed E-state index contributed by atoms with van der Waals surface area (Å²) in [5.74, 6) is -0.209. The van der Waals surface area contributed by atoms with Gasteiger partial charge >= 0.3 is 0 Å². The number of carbonyl (C=O) groups excluding carboxylic acids is 1. The number of ether oxygens (including phenoxy) is 1. The molecule has 1 aliphatic heterocycles. The van der Waals surface area contributed by atoms with E-state index >= 15 is 0 Å². The second-order valence-corrected chi connectivity index (χ2v) is 5.83. The molecule has 7 heteroatoms. The molecule has 124 valence electrons. The summed E-state index contributed by atoms with van der Waals surface area (Å²) in [6.07, 6.45) is 5.18. The molecule has 0 unspecified atom stereocenters. The molecule has 1 N–H and O–H groups in total. The molecule has 7 nitrogen and oxygen atoms in total. The molecular weight excluding hydrogens is 296 g/mol. The van der Waals surface area contributed by atoms with Crippen LogP contribution in [-0.2, 0) is 29.7 Å². The van der Waals surface area contributed by atoms with Gasteiger partial charge in [0.1, 0.15) is 0 Å². The van der Waals surface area contributed by atoms with Crippen LogP contribution in [-0.4, -0.2) is 47.2 Å². The number of furan rings is 1. The number of methoxy groups -OCH3 is 1. The molecule has 2 aromatic rings. The SMILES string of the molecule is COCCNC(=O)[C@@H]1CN(Cc2ccoc2)Cc2ncn(C)c21. The molecular formula is C16H22N4O3. The number of imidazole rings is 1. The highest BCUT2D eigenvalue weighted by Crippen LogP contribution is 2.28. The van der Waals surface area contributed by atoms with E-state index in [0.29, 0.717) is 19.7 Å². The summed E-state index contributed by atoms with van der Waals surface area (Å²) in [4.78, 5) is 19.3. The predicted octanol–water partition coefficient (Wildman–Crippen LogP) is 0.875. The summed E-state index contributed by atoms with van der Waals surface area (Å²) in [6, 6.07) is 1.95. The third-order valence-electron chi connectivity index (χ3n) is 4.11. The van der Waals surface area contributed by atoms with Crippen molar-refractivity contribution in [3.8, 4) is 0 Å². The van der Waals surface area contributed by atoms with E-state index in [0.717, 1.165) is 30.0 Å². The number of carbonyl (C=O) groups is 1. The van der Waals surface area contributed by atoms with Gasteiger partial charge in [-0.05, 0) is 6.07 Å². The van der Waals surface area contributed by atoms with Crippen molar-refractivity contribution in [2.24, 2.45) is 7.05 Å². The number of amides is 1. The molecule has 0 radical (unpaired) electrons. The molecule has 0 aliphatic carbocycles. The van der Waals surface area contributed by atoms with Crippen LogP contribution in [0.1, 0.15) is 22.9 Å². The van der Waals surface area contributed by atoms with Gasteiger partial charge < -0.3 is 19.0 Å². The standard InChI is InChI=1S/C16H22N4O3/c1-19-11-18-14-9-20(7-12-3-5-23-10-12)8-13(15(14)19)16(21)17-4-6-22-2/h3,5,10-11,13H,4,6-9H2,1-2H3,(H,17,21)/t13-/m1/s1. The zero-order valence-electron chi connectivity index (χ0n) is 13.5. The number of hydrogen-bond acceptors (Lipinski definition) is 5. The number of hydrogen-bond donors (Lipinski definition) is 1. The van der Waals surface area contributed by atoms with E-state index in [1.807, 2.05) is 17.7 Å². The lowest BCUT2D eigenvalue weighted by Crippen LogP contribution is -2.42. The topological polar surface area (TPSA) is 72.5 Å². The number of fused-ring (bicyclic) bond motifs is 1. The summed E-state index contributed by atoms with van der Waals surface area (Å²) in [5.41, 5.74) is 3.07. The quantitative estimate of drug-likeness (QED) is 0.800. The lowest BCUT2D eigenvalue weighted by Gasteiger charge is -2.31. The van der Waals surface area contributed by atoms with E-state index in [2.05, 4.69) is 15.2 Å². The first kappa shape index (κ1) is 15.8. The molecule has 1 aliphatic rings. The van der Waals surface area contributed by atoms with Gasteiger partial charge in [-0.15, -0.1) is 0 Å². The van der Waals surface area contributed by atoms with Crippen LogP contribution in [0, 0.1) is 0 Å². The molecule has 3 rings (SSSR count). The first-order valence-electron chi connectivity index (χ1n) is 7.69. The van der Waals surface area contributed by atoms with E-state index in [1.54, 1.807) is 26.0 Å². The van der Waals surface area contributed by atoms with Crippen LogP contribution >= 0.6 is 0 Å². The zero-order valence-corrected chi connectivity index (χ0v) is 13.5. The predicted molar refractivity (Wildman–Crippen MR) is 83.7 cm³/mol. The monoisotopic (exact) mass is 318 g/mol. The van der Waals surface area contributed by atoms with Gasteiger partial charge in [-0.2, -0.15) is 0 Å². The fourth-order valence-electron chi connectivity index (χ4n) is 3.05. The van der Waals surface area contributed by atoms with Gasteiger partial charge in [-0.1, -0.05) is 0 Å². The van der Waals surface area contributed by atoms with E-state index in [1.165, 1.54) is 0 Å². The minimum Gasteiger partial charge on any atom is -0.472 e. The van der Waals surface area contributed by atoms with Crippen molar-refractivity contribution in [1.82, 2.24) is 19.8 Å². The molecule has 0 saturated carbocycles. The van der Waals surface area contributed by atoms with Crippen molar-refractivity contribution in [2.75, 3.05) is 26.8 Å². The Bertz CT molecular complexity index is 650. The Morgan fingerprint density at radius 3 is 3.17 bits per heavy atom.